The van der Waals surface area contributed by atoms with Crippen molar-refractivity contribution in [2.75, 3.05) is 14.2 Å². The Morgan fingerprint density at radius 1 is 1.53 bits per heavy atom. The van der Waals surface area contributed by atoms with E-state index in [-0.39, 0.29) is 22.8 Å². The molecule has 0 saturated carbocycles. The predicted octanol–water partition coefficient (Wildman–Crippen LogP) is 1.83. The van der Waals surface area contributed by atoms with Gasteiger partial charge >= 0.3 is 5.97 Å². The number of aliphatic hydroxyl groups excluding tert-OH is 1. The van der Waals surface area contributed by atoms with Gasteiger partial charge in [0.1, 0.15) is 5.82 Å². The van der Waals surface area contributed by atoms with E-state index in [4.69, 9.17) is 16.3 Å². The van der Waals surface area contributed by atoms with Gasteiger partial charge in [-0.05, 0) is 12.1 Å². The molecule has 0 spiro atoms. The van der Waals surface area contributed by atoms with E-state index < -0.39 is 17.9 Å². The van der Waals surface area contributed by atoms with Gasteiger partial charge in [0, 0.05) is 23.3 Å². The van der Waals surface area contributed by atoms with E-state index in [1.807, 2.05) is 0 Å². The van der Waals surface area contributed by atoms with Crippen LogP contribution in [0.5, 0.6) is 0 Å². The van der Waals surface area contributed by atoms with Gasteiger partial charge in [-0.25, -0.2) is 9.18 Å². The Morgan fingerprint density at radius 3 is 2.71 bits per heavy atom. The fourth-order valence-corrected chi connectivity index (χ4v) is 1.62. The molecular weight excluding hydrogens is 251 g/mol. The third kappa shape index (κ3) is 3.15. The minimum atomic E-state index is -1.70. The third-order valence-corrected chi connectivity index (χ3v) is 2.38. The Morgan fingerprint density at radius 2 is 2.18 bits per heavy atom. The molecule has 94 valence electrons. The molecule has 6 heteroatoms. The number of ether oxygens (including phenoxy) is 2. The Labute approximate surface area is 103 Å². The first-order chi connectivity index (χ1) is 8.01. The highest BCUT2D eigenvalue weighted by Crippen LogP contribution is 2.26. The van der Waals surface area contributed by atoms with E-state index in [2.05, 4.69) is 4.74 Å². The minimum Gasteiger partial charge on any atom is -0.467 e. The van der Waals surface area contributed by atoms with Crippen LogP contribution in [0.2, 0.25) is 5.02 Å². The van der Waals surface area contributed by atoms with Crippen LogP contribution in [0.1, 0.15) is 17.2 Å². The summed E-state index contributed by atoms with van der Waals surface area (Å²) >= 11 is 5.76. The molecule has 1 rings (SSSR count). The number of carbonyl (C=O) groups is 1. The molecule has 0 amide bonds. The molecule has 17 heavy (non-hydrogen) atoms. The van der Waals surface area contributed by atoms with Crippen molar-refractivity contribution in [3.63, 3.8) is 0 Å². The first kappa shape index (κ1) is 13.9. The van der Waals surface area contributed by atoms with Crippen molar-refractivity contribution in [1.82, 2.24) is 0 Å². The summed E-state index contributed by atoms with van der Waals surface area (Å²) in [7, 11) is 2.50. The van der Waals surface area contributed by atoms with Gasteiger partial charge in [0.2, 0.25) is 0 Å². The number of aliphatic hydroxyl groups is 1. The van der Waals surface area contributed by atoms with Crippen LogP contribution in [0, 0.1) is 5.82 Å². The number of halogens is 2. The lowest BCUT2D eigenvalue weighted by molar-refractivity contribution is -0.150. The maximum Gasteiger partial charge on any atom is 0.339 e. The molecule has 0 aromatic heterocycles. The third-order valence-electron chi connectivity index (χ3n) is 2.16. The molecule has 0 radical (unpaired) electrons. The van der Waals surface area contributed by atoms with Gasteiger partial charge in [-0.3, -0.25) is 0 Å². The topological polar surface area (TPSA) is 55.8 Å². The van der Waals surface area contributed by atoms with Crippen molar-refractivity contribution < 1.29 is 23.8 Å². The van der Waals surface area contributed by atoms with Crippen LogP contribution < -0.4 is 0 Å². The van der Waals surface area contributed by atoms with Gasteiger partial charge in [-0.1, -0.05) is 11.6 Å². The van der Waals surface area contributed by atoms with Crippen molar-refractivity contribution in [3.05, 3.63) is 34.1 Å². The zero-order chi connectivity index (χ0) is 13.0. The quantitative estimate of drug-likeness (QED) is 0.841. The monoisotopic (exact) mass is 262 g/mol. The number of hydrogen-bond donors (Lipinski definition) is 1. The summed E-state index contributed by atoms with van der Waals surface area (Å²) in [6.45, 7) is -0.00666. The van der Waals surface area contributed by atoms with E-state index in [0.717, 1.165) is 7.11 Å². The molecule has 1 N–H and O–H groups in total. The first-order valence-electron chi connectivity index (χ1n) is 4.74. The zero-order valence-electron chi connectivity index (χ0n) is 9.37. The molecule has 0 aliphatic carbocycles. The van der Waals surface area contributed by atoms with Crippen LogP contribution in [0.4, 0.5) is 4.39 Å². The average Bonchev–Trinajstić information content (AvgIpc) is 2.31. The summed E-state index contributed by atoms with van der Waals surface area (Å²) in [5.41, 5.74) is -0.0608. The molecule has 1 atom stereocenters. The smallest absolute Gasteiger partial charge is 0.339 e. The fourth-order valence-electron chi connectivity index (χ4n) is 1.37. The van der Waals surface area contributed by atoms with Crippen LogP contribution in [0.25, 0.3) is 0 Å². The molecule has 1 aromatic carbocycles. The second kappa shape index (κ2) is 5.95. The Bertz CT molecular complexity index is 422. The van der Waals surface area contributed by atoms with Crippen LogP contribution in [-0.2, 0) is 20.9 Å². The number of benzene rings is 1. The van der Waals surface area contributed by atoms with Gasteiger partial charge in [-0.15, -0.1) is 0 Å². The number of carbonyl (C=O) groups excluding carboxylic acids is 1. The van der Waals surface area contributed by atoms with Gasteiger partial charge in [-0.2, -0.15) is 0 Å². The molecule has 0 bridgehead atoms. The lowest BCUT2D eigenvalue weighted by Gasteiger charge is -2.13. The van der Waals surface area contributed by atoms with Crippen molar-refractivity contribution in [1.29, 1.82) is 0 Å². The molecule has 0 aliphatic rings. The number of esters is 1. The van der Waals surface area contributed by atoms with E-state index >= 15 is 0 Å². The number of hydrogen-bond acceptors (Lipinski definition) is 4. The maximum absolute atomic E-state index is 13.9. The summed E-state index contributed by atoms with van der Waals surface area (Å²) < 4.78 is 23.0. The van der Waals surface area contributed by atoms with Gasteiger partial charge in [0.25, 0.3) is 0 Å². The Kier molecular flexibility index (Phi) is 4.86. The van der Waals surface area contributed by atoms with Gasteiger partial charge in [0.05, 0.1) is 13.7 Å². The van der Waals surface area contributed by atoms with Gasteiger partial charge in [0.15, 0.2) is 6.10 Å². The number of rotatable bonds is 4. The average molecular weight is 263 g/mol. The minimum absolute atomic E-state index is 0.00666. The predicted molar refractivity (Wildman–Crippen MR) is 59.1 cm³/mol. The first-order valence-corrected chi connectivity index (χ1v) is 5.11. The van der Waals surface area contributed by atoms with E-state index in [1.165, 1.54) is 19.2 Å². The van der Waals surface area contributed by atoms with Crippen LogP contribution in [0.3, 0.4) is 0 Å². The van der Waals surface area contributed by atoms with E-state index in [9.17, 15) is 14.3 Å². The van der Waals surface area contributed by atoms with Crippen LogP contribution in [-0.4, -0.2) is 25.3 Å². The Balaban J connectivity index is 3.19. The van der Waals surface area contributed by atoms with E-state index in [0.29, 0.717) is 0 Å². The number of methoxy groups -OCH3 is 2. The van der Waals surface area contributed by atoms with Crippen LogP contribution in [0.15, 0.2) is 12.1 Å². The summed E-state index contributed by atoms with van der Waals surface area (Å²) in [5.74, 6) is -1.68. The second-order valence-corrected chi connectivity index (χ2v) is 3.76. The molecule has 0 saturated heterocycles. The lowest BCUT2D eigenvalue weighted by Crippen LogP contribution is -2.16. The van der Waals surface area contributed by atoms with Crippen LogP contribution >= 0.6 is 11.6 Å². The summed E-state index contributed by atoms with van der Waals surface area (Å²) in [6.07, 6.45) is -1.70. The zero-order valence-corrected chi connectivity index (χ0v) is 10.1. The van der Waals surface area contributed by atoms with Crippen molar-refractivity contribution in [3.8, 4) is 0 Å². The molecule has 0 aliphatic heterocycles. The molecule has 1 unspecified atom stereocenters. The van der Waals surface area contributed by atoms with Gasteiger partial charge < -0.3 is 14.6 Å². The van der Waals surface area contributed by atoms with Crippen molar-refractivity contribution >= 4 is 17.6 Å². The van der Waals surface area contributed by atoms with Crippen molar-refractivity contribution in [2.24, 2.45) is 0 Å². The fraction of sp³-hybridized carbons (Fsp3) is 0.364. The van der Waals surface area contributed by atoms with E-state index in [1.54, 1.807) is 0 Å². The SMILES string of the molecule is COCc1cc(Cl)cc(C(O)C(=O)OC)c1F. The highest BCUT2D eigenvalue weighted by Gasteiger charge is 2.24. The highest BCUT2D eigenvalue weighted by molar-refractivity contribution is 6.30. The van der Waals surface area contributed by atoms with Crippen molar-refractivity contribution in [2.45, 2.75) is 12.7 Å². The second-order valence-electron chi connectivity index (χ2n) is 3.33. The highest BCUT2D eigenvalue weighted by atomic mass is 35.5. The summed E-state index contributed by atoms with van der Waals surface area (Å²) in [5, 5.41) is 9.78. The molecular formula is C11H12ClFO4. The summed E-state index contributed by atoms with van der Waals surface area (Å²) in [4.78, 5) is 11.1. The Hall–Kier alpha value is -1.17. The molecule has 0 heterocycles. The lowest BCUT2D eigenvalue weighted by atomic mass is 10.1. The largest absolute Gasteiger partial charge is 0.467 e. The standard InChI is InChI=1S/C11H12ClFO4/c1-16-5-6-3-7(12)4-8(9(6)13)10(14)11(15)17-2/h3-4,10,14H,5H2,1-2H3. The molecule has 0 fully saturated rings. The summed E-state index contributed by atoms with van der Waals surface area (Å²) in [6, 6.07) is 2.55. The molecule has 1 aromatic rings. The maximum atomic E-state index is 13.9. The molecule has 4 nitrogen and oxygen atoms in total. The normalized spacial score (nSPS) is 12.3.